The first-order chi connectivity index (χ1) is 9.82. The summed E-state index contributed by atoms with van der Waals surface area (Å²) < 4.78 is 37.3. The first-order valence-electron chi connectivity index (χ1n) is 5.89. The zero-order valence-electron chi connectivity index (χ0n) is 10.6. The molecule has 1 saturated heterocycles. The van der Waals surface area contributed by atoms with Crippen molar-refractivity contribution in [1.82, 2.24) is 14.9 Å². The first-order valence-corrected chi connectivity index (χ1v) is 6.27. The molecule has 0 aliphatic carbocycles. The Morgan fingerprint density at radius 3 is 2.48 bits per heavy atom. The number of alkyl halides is 3. The molecule has 1 aliphatic rings. The van der Waals surface area contributed by atoms with E-state index in [4.69, 9.17) is 18.0 Å². The van der Waals surface area contributed by atoms with E-state index in [2.05, 4.69) is 15.9 Å². The first kappa shape index (κ1) is 15.4. The molecule has 0 saturated carbocycles. The topological polar surface area (TPSA) is 49.3 Å². The van der Waals surface area contributed by atoms with Crippen molar-refractivity contribution in [3.05, 3.63) is 18.0 Å². The van der Waals surface area contributed by atoms with Crippen LogP contribution in [-0.4, -0.2) is 45.9 Å². The zero-order valence-corrected chi connectivity index (χ0v) is 11.4. The number of carbonyl (C=O) groups excluding carboxylic acids is 1. The average molecular weight is 319 g/mol. The maximum Gasteiger partial charge on any atom is 0.419 e. The van der Waals surface area contributed by atoms with Gasteiger partial charge in [0.25, 0.3) is 0 Å². The number of halogens is 4. The van der Waals surface area contributed by atoms with Crippen molar-refractivity contribution in [2.24, 2.45) is 0 Å². The van der Waals surface area contributed by atoms with Crippen LogP contribution >= 0.6 is 11.6 Å². The minimum absolute atomic E-state index is 0.130. The largest absolute Gasteiger partial charge is 0.419 e. The molecule has 1 aromatic heterocycles. The third-order valence-corrected chi connectivity index (χ3v) is 3.26. The Kier molecular flexibility index (Phi) is 4.23. The number of amides is 1. The van der Waals surface area contributed by atoms with Gasteiger partial charge in [-0.15, -0.1) is 6.42 Å². The van der Waals surface area contributed by atoms with Crippen molar-refractivity contribution in [2.45, 2.75) is 12.2 Å². The molecule has 0 spiro atoms. The molecule has 0 N–H and O–H groups in total. The number of piperazine rings is 1. The lowest BCUT2D eigenvalue weighted by molar-refractivity contribution is -0.138. The molecule has 1 aromatic rings. The minimum Gasteiger partial charge on any atom is -0.336 e. The summed E-state index contributed by atoms with van der Waals surface area (Å²) in [5.74, 6) is 2.54. The summed E-state index contributed by atoms with van der Waals surface area (Å²) >= 11 is 5.41. The summed E-state index contributed by atoms with van der Waals surface area (Å²) in [6, 6.07) is -0.574. The van der Waals surface area contributed by atoms with E-state index in [1.807, 2.05) is 0 Å². The molecule has 2 rings (SSSR count). The van der Waals surface area contributed by atoms with Crippen LogP contribution < -0.4 is 4.90 Å². The molecule has 1 amide bonds. The Bertz CT molecular complexity index is 569. The third kappa shape index (κ3) is 3.36. The number of hydrogen-bond acceptors (Lipinski definition) is 4. The Morgan fingerprint density at radius 2 is 2.00 bits per heavy atom. The van der Waals surface area contributed by atoms with Crippen LogP contribution in [0.1, 0.15) is 5.56 Å². The van der Waals surface area contributed by atoms with E-state index in [9.17, 15) is 18.0 Å². The fourth-order valence-corrected chi connectivity index (χ4v) is 2.15. The number of rotatable bonds is 1. The third-order valence-electron chi connectivity index (χ3n) is 3.05. The normalized spacial score (nSPS) is 19.3. The smallest absolute Gasteiger partial charge is 0.336 e. The van der Waals surface area contributed by atoms with Gasteiger partial charge in [-0.3, -0.25) is 4.79 Å². The lowest BCUT2D eigenvalue weighted by atomic mass is 10.2. The van der Waals surface area contributed by atoms with Crippen LogP contribution in [0.25, 0.3) is 0 Å². The van der Waals surface area contributed by atoms with E-state index >= 15 is 0 Å². The van der Waals surface area contributed by atoms with Gasteiger partial charge in [-0.2, -0.15) is 13.2 Å². The van der Waals surface area contributed by atoms with E-state index in [0.29, 0.717) is 18.9 Å². The molecule has 0 unspecified atom stereocenters. The van der Waals surface area contributed by atoms with Crippen LogP contribution in [0, 0.1) is 12.3 Å². The fraction of sp³-hybridized carbons (Fsp3) is 0.417. The zero-order chi connectivity index (χ0) is 15.6. The molecule has 9 heteroatoms. The number of carbonyl (C=O) groups is 1. The number of hydrogen-bond donors (Lipinski definition) is 0. The molecule has 1 fully saturated rings. The van der Waals surface area contributed by atoms with Gasteiger partial charge in [0.2, 0.25) is 5.95 Å². The highest BCUT2D eigenvalue weighted by molar-refractivity contribution is 6.62. The number of nitrogens with zero attached hydrogens (tertiary/aromatic N) is 4. The molecule has 112 valence electrons. The molecular formula is C12H10ClF3N4O. The Morgan fingerprint density at radius 1 is 1.38 bits per heavy atom. The van der Waals surface area contributed by atoms with Gasteiger partial charge in [-0.25, -0.2) is 9.97 Å². The van der Waals surface area contributed by atoms with Gasteiger partial charge in [0.05, 0.1) is 12.1 Å². The van der Waals surface area contributed by atoms with Crippen molar-refractivity contribution in [3.63, 3.8) is 0 Å². The summed E-state index contributed by atoms with van der Waals surface area (Å²) in [6.45, 7) is 0.796. The quantitative estimate of drug-likeness (QED) is 0.451. The standard InChI is InChI=1S/C12H10ClF3N4O/c1-2-9-7-19(3-4-20(9)10(13)21)11-17-5-8(6-18-11)12(14,15)16/h1,5-6,9H,3-4,7H2/t9-/m1/s1. The summed E-state index contributed by atoms with van der Waals surface area (Å²) in [7, 11) is 0. The highest BCUT2D eigenvalue weighted by atomic mass is 35.5. The Labute approximate surface area is 123 Å². The van der Waals surface area contributed by atoms with Crippen molar-refractivity contribution in [2.75, 3.05) is 24.5 Å². The molecule has 0 aromatic carbocycles. The molecule has 2 heterocycles. The van der Waals surface area contributed by atoms with Gasteiger partial charge in [0.15, 0.2) is 0 Å². The van der Waals surface area contributed by atoms with E-state index < -0.39 is 23.1 Å². The highest BCUT2D eigenvalue weighted by Gasteiger charge is 2.33. The van der Waals surface area contributed by atoms with Gasteiger partial charge in [0.1, 0.15) is 6.04 Å². The molecule has 0 bridgehead atoms. The van der Waals surface area contributed by atoms with Gasteiger partial charge in [-0.1, -0.05) is 5.92 Å². The van der Waals surface area contributed by atoms with E-state index in [1.54, 1.807) is 4.90 Å². The van der Waals surface area contributed by atoms with Crippen LogP contribution in [0.3, 0.4) is 0 Å². The number of aromatic nitrogens is 2. The second-order valence-electron chi connectivity index (χ2n) is 4.34. The number of terminal acetylenes is 1. The van der Waals surface area contributed by atoms with Gasteiger partial charge in [0, 0.05) is 25.5 Å². The van der Waals surface area contributed by atoms with E-state index in [0.717, 1.165) is 0 Å². The van der Waals surface area contributed by atoms with Crippen molar-refractivity contribution in [1.29, 1.82) is 0 Å². The van der Waals surface area contributed by atoms with E-state index in [-0.39, 0.29) is 19.0 Å². The molecule has 21 heavy (non-hydrogen) atoms. The van der Waals surface area contributed by atoms with Crippen LogP contribution in [0.2, 0.25) is 0 Å². The second kappa shape index (κ2) is 5.77. The summed E-state index contributed by atoms with van der Waals surface area (Å²) in [5, 5.41) is -0.661. The van der Waals surface area contributed by atoms with Crippen molar-refractivity contribution < 1.29 is 18.0 Å². The lowest BCUT2D eigenvalue weighted by Crippen LogP contribution is -2.53. The lowest BCUT2D eigenvalue weighted by Gasteiger charge is -2.37. The molecule has 5 nitrogen and oxygen atoms in total. The summed E-state index contributed by atoms with van der Waals surface area (Å²) in [5.41, 5.74) is -0.922. The predicted molar refractivity (Wildman–Crippen MR) is 69.8 cm³/mol. The maximum atomic E-state index is 12.4. The van der Waals surface area contributed by atoms with E-state index in [1.165, 1.54) is 4.90 Å². The van der Waals surface area contributed by atoms with Crippen LogP contribution in [0.5, 0.6) is 0 Å². The monoisotopic (exact) mass is 318 g/mol. The highest BCUT2D eigenvalue weighted by Crippen LogP contribution is 2.28. The van der Waals surface area contributed by atoms with Gasteiger partial charge < -0.3 is 9.80 Å². The fourth-order valence-electron chi connectivity index (χ4n) is 1.95. The van der Waals surface area contributed by atoms with Gasteiger partial charge in [-0.05, 0) is 11.6 Å². The minimum atomic E-state index is -4.48. The van der Waals surface area contributed by atoms with Crippen molar-refractivity contribution in [3.8, 4) is 12.3 Å². The number of anilines is 1. The molecule has 1 atom stereocenters. The van der Waals surface area contributed by atoms with Crippen LogP contribution in [-0.2, 0) is 6.18 Å². The van der Waals surface area contributed by atoms with Crippen molar-refractivity contribution >= 4 is 22.9 Å². The van der Waals surface area contributed by atoms with Crippen LogP contribution in [0.4, 0.5) is 23.9 Å². The average Bonchev–Trinajstić information content (AvgIpc) is 2.45. The Balaban J connectivity index is 2.14. The summed E-state index contributed by atoms with van der Waals surface area (Å²) in [6.07, 6.45) is 2.28. The SMILES string of the molecule is C#C[C@@H]1CN(c2ncc(C(F)(F)F)cn2)CCN1C(=O)Cl. The van der Waals surface area contributed by atoms with Gasteiger partial charge >= 0.3 is 11.5 Å². The molecule has 1 aliphatic heterocycles. The molecule has 0 radical (unpaired) electrons. The molecular weight excluding hydrogens is 309 g/mol. The maximum absolute atomic E-state index is 12.4. The second-order valence-corrected chi connectivity index (χ2v) is 4.67. The van der Waals surface area contributed by atoms with Crippen LogP contribution in [0.15, 0.2) is 12.4 Å². The predicted octanol–water partition coefficient (Wildman–Crippen LogP) is 1.98. The Hall–Kier alpha value is -2.01. The summed E-state index contributed by atoms with van der Waals surface area (Å²) in [4.78, 5) is 21.5.